The third-order valence-electron chi connectivity index (χ3n) is 5.44. The Hall–Kier alpha value is -2.46. The molecule has 3 aromatic rings. The van der Waals surface area contributed by atoms with Crippen LogP contribution in [-0.2, 0) is 6.42 Å². The molecule has 0 bridgehead atoms. The average molecular weight is 349 g/mol. The van der Waals surface area contributed by atoms with Crippen LogP contribution in [0.2, 0.25) is 0 Å². The number of rotatable bonds is 4. The first-order valence-electron chi connectivity index (χ1n) is 9.26. The number of benzene rings is 2. The van der Waals surface area contributed by atoms with Crippen molar-refractivity contribution in [1.82, 2.24) is 10.3 Å². The number of aryl methyl sites for hydroxylation is 2. The molecule has 2 aromatic carbocycles. The monoisotopic (exact) mass is 349 g/mol. The second-order valence-electron chi connectivity index (χ2n) is 7.29. The largest absolute Gasteiger partial charge is 0.384 e. The van der Waals surface area contributed by atoms with E-state index in [1.165, 1.54) is 18.1 Å². The van der Waals surface area contributed by atoms with Crippen LogP contribution in [-0.4, -0.2) is 18.1 Å². The van der Waals surface area contributed by atoms with Gasteiger partial charge in [0.1, 0.15) is 11.6 Å². The lowest BCUT2D eigenvalue weighted by Gasteiger charge is -2.15. The zero-order valence-corrected chi connectivity index (χ0v) is 15.1. The maximum Gasteiger partial charge on any atom is 0.131 e. The van der Waals surface area contributed by atoms with Gasteiger partial charge in [0, 0.05) is 17.1 Å². The molecule has 0 saturated carbocycles. The number of fused-ring (bicyclic) bond motifs is 1. The molecule has 2 heterocycles. The molecule has 1 fully saturated rings. The smallest absolute Gasteiger partial charge is 0.131 e. The van der Waals surface area contributed by atoms with Crippen molar-refractivity contribution in [3.05, 3.63) is 59.5 Å². The van der Waals surface area contributed by atoms with Crippen molar-refractivity contribution >= 4 is 16.6 Å². The second-order valence-corrected chi connectivity index (χ2v) is 7.29. The van der Waals surface area contributed by atoms with Crippen molar-refractivity contribution < 1.29 is 4.39 Å². The van der Waals surface area contributed by atoms with Crippen LogP contribution in [0.3, 0.4) is 0 Å². The Morgan fingerprint density at radius 1 is 1.27 bits per heavy atom. The standard InChI is InChI=1S/C22H24FN3/c1-14-3-2-4-20(23)22(14)17-9-16(6-5-15-7-8-25-12-15)19-11-21(24)26-13-18(19)10-17/h2-4,9-11,13,15,25H,5-8,12H2,1H3,(H2,24,26)/t15-/m1/s1. The van der Waals surface area contributed by atoms with Gasteiger partial charge < -0.3 is 11.1 Å². The maximum atomic E-state index is 14.5. The number of aromatic nitrogens is 1. The number of nitrogens with two attached hydrogens (primary N) is 1. The highest BCUT2D eigenvalue weighted by Crippen LogP contribution is 2.33. The van der Waals surface area contributed by atoms with E-state index in [4.69, 9.17) is 5.73 Å². The summed E-state index contributed by atoms with van der Waals surface area (Å²) in [5.41, 5.74) is 9.69. The summed E-state index contributed by atoms with van der Waals surface area (Å²) in [6.45, 7) is 4.15. The minimum Gasteiger partial charge on any atom is -0.384 e. The molecule has 0 unspecified atom stereocenters. The van der Waals surface area contributed by atoms with Crippen LogP contribution in [0.1, 0.15) is 24.0 Å². The first kappa shape index (κ1) is 17.0. The summed E-state index contributed by atoms with van der Waals surface area (Å²) in [4.78, 5) is 4.24. The van der Waals surface area contributed by atoms with E-state index in [1.807, 2.05) is 25.1 Å². The fourth-order valence-corrected chi connectivity index (χ4v) is 4.02. The molecule has 0 radical (unpaired) electrons. The number of hydrogen-bond donors (Lipinski definition) is 2. The van der Waals surface area contributed by atoms with Gasteiger partial charge in [-0.25, -0.2) is 9.37 Å². The third kappa shape index (κ3) is 3.29. The summed E-state index contributed by atoms with van der Waals surface area (Å²) < 4.78 is 14.5. The summed E-state index contributed by atoms with van der Waals surface area (Å²) in [5.74, 6) is 1.05. The van der Waals surface area contributed by atoms with Crippen LogP contribution in [0.25, 0.3) is 21.9 Å². The van der Waals surface area contributed by atoms with Crippen LogP contribution < -0.4 is 11.1 Å². The van der Waals surface area contributed by atoms with Crippen LogP contribution in [0, 0.1) is 18.7 Å². The van der Waals surface area contributed by atoms with Gasteiger partial charge in [-0.1, -0.05) is 18.2 Å². The van der Waals surface area contributed by atoms with Crippen molar-refractivity contribution in [2.24, 2.45) is 5.92 Å². The number of hydrogen-bond acceptors (Lipinski definition) is 3. The molecule has 0 spiro atoms. The summed E-state index contributed by atoms with van der Waals surface area (Å²) >= 11 is 0. The SMILES string of the molecule is Cc1cccc(F)c1-c1cc(CC[C@@H]2CCNC2)c2cc(N)ncc2c1. The Morgan fingerprint density at radius 2 is 2.15 bits per heavy atom. The molecule has 3 nitrogen and oxygen atoms in total. The van der Waals surface area contributed by atoms with Gasteiger partial charge >= 0.3 is 0 Å². The normalized spacial score (nSPS) is 17.1. The van der Waals surface area contributed by atoms with E-state index in [0.29, 0.717) is 17.3 Å². The summed E-state index contributed by atoms with van der Waals surface area (Å²) in [6.07, 6.45) is 5.12. The summed E-state index contributed by atoms with van der Waals surface area (Å²) in [7, 11) is 0. The Bertz CT molecular complexity index is 925. The van der Waals surface area contributed by atoms with Crippen molar-refractivity contribution in [2.75, 3.05) is 18.8 Å². The van der Waals surface area contributed by atoms with Gasteiger partial charge in [0.2, 0.25) is 0 Å². The Balaban J connectivity index is 1.80. The molecule has 3 N–H and O–H groups in total. The van der Waals surface area contributed by atoms with Gasteiger partial charge in [-0.15, -0.1) is 0 Å². The lowest BCUT2D eigenvalue weighted by molar-refractivity contribution is 0.534. The minimum absolute atomic E-state index is 0.182. The number of nitrogen functional groups attached to an aromatic ring is 1. The molecule has 4 heteroatoms. The molecule has 134 valence electrons. The van der Waals surface area contributed by atoms with E-state index in [2.05, 4.69) is 16.4 Å². The van der Waals surface area contributed by atoms with Crippen molar-refractivity contribution in [3.63, 3.8) is 0 Å². The van der Waals surface area contributed by atoms with Gasteiger partial charge in [-0.2, -0.15) is 0 Å². The summed E-state index contributed by atoms with van der Waals surface area (Å²) in [5, 5.41) is 5.57. The van der Waals surface area contributed by atoms with E-state index in [-0.39, 0.29) is 5.82 Å². The number of halogens is 1. The predicted octanol–water partition coefficient (Wildman–Crippen LogP) is 4.47. The zero-order chi connectivity index (χ0) is 18.1. The van der Waals surface area contributed by atoms with Crippen LogP contribution in [0.5, 0.6) is 0 Å². The van der Waals surface area contributed by atoms with Crippen LogP contribution in [0.4, 0.5) is 10.2 Å². The average Bonchev–Trinajstić information content (AvgIpc) is 3.13. The highest BCUT2D eigenvalue weighted by Gasteiger charge is 2.16. The highest BCUT2D eigenvalue weighted by molar-refractivity contribution is 5.91. The number of pyridine rings is 1. The molecule has 1 aliphatic heterocycles. The van der Waals surface area contributed by atoms with Gasteiger partial charge in [0.05, 0.1) is 0 Å². The number of anilines is 1. The minimum atomic E-state index is -0.182. The van der Waals surface area contributed by atoms with Crippen molar-refractivity contribution in [1.29, 1.82) is 0 Å². The Kier molecular flexibility index (Phi) is 4.60. The number of nitrogens with zero attached hydrogens (tertiary/aromatic N) is 1. The Morgan fingerprint density at radius 3 is 2.92 bits per heavy atom. The quantitative estimate of drug-likeness (QED) is 0.730. The molecule has 26 heavy (non-hydrogen) atoms. The third-order valence-corrected chi connectivity index (χ3v) is 5.44. The van der Waals surface area contributed by atoms with E-state index in [1.54, 1.807) is 12.3 Å². The van der Waals surface area contributed by atoms with Crippen molar-refractivity contribution in [2.45, 2.75) is 26.2 Å². The topological polar surface area (TPSA) is 50.9 Å². The fraction of sp³-hybridized carbons (Fsp3) is 0.318. The van der Waals surface area contributed by atoms with Crippen LogP contribution >= 0.6 is 0 Å². The van der Waals surface area contributed by atoms with E-state index >= 15 is 0 Å². The van der Waals surface area contributed by atoms with Crippen molar-refractivity contribution in [3.8, 4) is 11.1 Å². The van der Waals surface area contributed by atoms with Gasteiger partial charge in [-0.05, 0) is 85.5 Å². The first-order valence-corrected chi connectivity index (χ1v) is 9.26. The molecule has 1 atom stereocenters. The molecule has 1 aliphatic rings. The lowest BCUT2D eigenvalue weighted by atomic mass is 9.91. The molecule has 1 saturated heterocycles. The second kappa shape index (κ2) is 7.04. The first-order chi connectivity index (χ1) is 12.6. The maximum absolute atomic E-state index is 14.5. The van der Waals surface area contributed by atoms with Gasteiger partial charge in [0.15, 0.2) is 0 Å². The molecule has 4 rings (SSSR count). The molecular formula is C22H24FN3. The molecule has 0 aliphatic carbocycles. The molecular weight excluding hydrogens is 325 g/mol. The lowest BCUT2D eigenvalue weighted by Crippen LogP contribution is -2.09. The highest BCUT2D eigenvalue weighted by atomic mass is 19.1. The van der Waals surface area contributed by atoms with Gasteiger partial charge in [-0.3, -0.25) is 0 Å². The van der Waals surface area contributed by atoms with E-state index in [0.717, 1.165) is 47.8 Å². The van der Waals surface area contributed by atoms with E-state index in [9.17, 15) is 4.39 Å². The van der Waals surface area contributed by atoms with E-state index < -0.39 is 0 Å². The molecule has 0 amide bonds. The Labute approximate surface area is 153 Å². The summed E-state index contributed by atoms with van der Waals surface area (Å²) in [6, 6.07) is 11.3. The number of nitrogens with one attached hydrogen (secondary N) is 1. The van der Waals surface area contributed by atoms with Crippen LogP contribution in [0.15, 0.2) is 42.6 Å². The molecule has 1 aromatic heterocycles. The predicted molar refractivity (Wildman–Crippen MR) is 106 cm³/mol. The van der Waals surface area contributed by atoms with Gasteiger partial charge in [0.25, 0.3) is 0 Å². The zero-order valence-electron chi connectivity index (χ0n) is 15.1. The fourth-order valence-electron chi connectivity index (χ4n) is 4.02.